The summed E-state index contributed by atoms with van der Waals surface area (Å²) in [7, 11) is 0. The number of hydrogen-bond acceptors (Lipinski definition) is 4. The fourth-order valence-electron chi connectivity index (χ4n) is 4.48. The number of anilines is 1. The third kappa shape index (κ3) is 3.57. The molecule has 0 N–H and O–H groups in total. The number of carbonyl (C=O) groups is 2. The molecule has 5 heteroatoms. The van der Waals surface area contributed by atoms with Crippen molar-refractivity contribution in [3.8, 4) is 0 Å². The highest BCUT2D eigenvalue weighted by Gasteiger charge is 2.38. The third-order valence-corrected chi connectivity index (χ3v) is 6.21. The summed E-state index contributed by atoms with van der Waals surface area (Å²) in [6.07, 6.45) is 4.49. The van der Waals surface area contributed by atoms with Gasteiger partial charge in [-0.2, -0.15) is 0 Å². The Kier molecular flexibility index (Phi) is 5.26. The van der Waals surface area contributed by atoms with Crippen LogP contribution in [0.5, 0.6) is 0 Å². The fraction of sp³-hybridized carbons (Fsp3) is 0.455. The van der Waals surface area contributed by atoms with Crippen molar-refractivity contribution in [3.05, 3.63) is 46.9 Å². The maximum Gasteiger partial charge on any atom is 0.293 e. The molecule has 1 saturated heterocycles. The molecule has 0 bridgehead atoms. The zero-order valence-corrected chi connectivity index (χ0v) is 17.6. The minimum atomic E-state index is -0.236. The Balaban J connectivity index is 1.97. The van der Waals surface area contributed by atoms with E-state index < -0.39 is 0 Å². The molecule has 1 fully saturated rings. The van der Waals surface area contributed by atoms with Crippen molar-refractivity contribution in [1.29, 1.82) is 0 Å². The molecule has 1 aromatic rings. The van der Waals surface area contributed by atoms with Gasteiger partial charge in [0.1, 0.15) is 0 Å². The van der Waals surface area contributed by atoms with Crippen LogP contribution in [0.25, 0.3) is 6.08 Å². The highest BCUT2D eigenvalue weighted by molar-refractivity contribution is 8.18. The second kappa shape index (κ2) is 7.19. The summed E-state index contributed by atoms with van der Waals surface area (Å²) in [4.78, 5) is 28.7. The molecule has 2 amide bonds. The number of hydrogen-bond donors (Lipinski definition) is 0. The van der Waals surface area contributed by atoms with Crippen molar-refractivity contribution in [2.45, 2.75) is 58.5 Å². The van der Waals surface area contributed by atoms with E-state index in [1.165, 1.54) is 16.2 Å². The molecule has 1 atom stereocenters. The van der Waals surface area contributed by atoms with E-state index in [9.17, 15) is 9.59 Å². The van der Waals surface area contributed by atoms with Gasteiger partial charge in [0.2, 0.25) is 0 Å². The molecule has 0 radical (unpaired) electrons. The second-order valence-electron chi connectivity index (χ2n) is 8.28. The lowest BCUT2D eigenvalue weighted by Crippen LogP contribution is -2.51. The van der Waals surface area contributed by atoms with Gasteiger partial charge >= 0.3 is 0 Å². The van der Waals surface area contributed by atoms with Gasteiger partial charge in [0, 0.05) is 23.8 Å². The van der Waals surface area contributed by atoms with Crippen LogP contribution in [0, 0.1) is 0 Å². The molecule has 0 unspecified atom stereocenters. The monoisotopic (exact) mass is 384 g/mol. The number of fused-ring (bicyclic) bond motifs is 1. The normalized spacial score (nSPS) is 23.3. The topological polar surface area (TPSA) is 40.6 Å². The van der Waals surface area contributed by atoms with Crippen LogP contribution in [0.15, 0.2) is 35.8 Å². The minimum absolute atomic E-state index is 0.107. The summed E-state index contributed by atoms with van der Waals surface area (Å²) in [5.41, 5.74) is 3.65. The van der Waals surface area contributed by atoms with Gasteiger partial charge in [-0.05, 0) is 81.1 Å². The molecule has 3 rings (SSSR count). The summed E-state index contributed by atoms with van der Waals surface area (Å²) in [6.45, 7) is 15.2. The quantitative estimate of drug-likeness (QED) is 0.514. The van der Waals surface area contributed by atoms with Gasteiger partial charge in [0.25, 0.3) is 11.1 Å². The number of benzene rings is 1. The minimum Gasteiger partial charge on any atom is -0.364 e. The van der Waals surface area contributed by atoms with E-state index in [1.54, 1.807) is 6.08 Å². The summed E-state index contributed by atoms with van der Waals surface area (Å²) in [5.74, 6) is 0.204. The molecule has 2 heterocycles. The van der Waals surface area contributed by atoms with E-state index in [0.717, 1.165) is 23.7 Å². The first-order valence-electron chi connectivity index (χ1n) is 9.45. The Bertz CT molecular complexity index is 826. The molecule has 0 spiro atoms. The molecule has 144 valence electrons. The zero-order valence-electron chi connectivity index (χ0n) is 16.8. The number of imide groups is 1. The maximum absolute atomic E-state index is 12.4. The summed E-state index contributed by atoms with van der Waals surface area (Å²) in [6, 6.07) is 6.79. The van der Waals surface area contributed by atoms with Crippen molar-refractivity contribution < 1.29 is 9.59 Å². The van der Waals surface area contributed by atoms with Crippen LogP contribution >= 0.6 is 11.8 Å². The first-order chi connectivity index (χ1) is 12.7. The Morgan fingerprint density at radius 2 is 2.04 bits per heavy atom. The van der Waals surface area contributed by atoms with E-state index in [0.29, 0.717) is 16.9 Å². The van der Waals surface area contributed by atoms with Crippen molar-refractivity contribution >= 4 is 34.7 Å². The highest BCUT2D eigenvalue weighted by atomic mass is 32.2. The number of thioether (sulfide) groups is 1. The lowest BCUT2D eigenvalue weighted by molar-refractivity contribution is -0.122. The summed E-state index contributed by atoms with van der Waals surface area (Å²) in [5, 5.41) is -0.231. The van der Waals surface area contributed by atoms with Crippen molar-refractivity contribution in [2.24, 2.45) is 0 Å². The van der Waals surface area contributed by atoms with E-state index >= 15 is 0 Å². The molecule has 0 aliphatic carbocycles. The van der Waals surface area contributed by atoms with Crippen molar-refractivity contribution in [3.63, 3.8) is 0 Å². The summed E-state index contributed by atoms with van der Waals surface area (Å²) >= 11 is 1.00. The smallest absolute Gasteiger partial charge is 0.293 e. The van der Waals surface area contributed by atoms with E-state index in [2.05, 4.69) is 58.2 Å². The predicted molar refractivity (Wildman–Crippen MR) is 114 cm³/mol. The van der Waals surface area contributed by atoms with Gasteiger partial charge < -0.3 is 4.90 Å². The Morgan fingerprint density at radius 3 is 2.67 bits per heavy atom. The SMILES string of the molecule is C=CCN1C(=O)S/C(=C\c2ccc3c(c2)[C@H](C)CC(C)(C)N3C(C)C)C1=O. The Labute approximate surface area is 166 Å². The van der Waals surface area contributed by atoms with Gasteiger partial charge in [0.05, 0.1) is 4.91 Å². The van der Waals surface area contributed by atoms with Crippen LogP contribution < -0.4 is 4.90 Å². The van der Waals surface area contributed by atoms with E-state index in [4.69, 9.17) is 0 Å². The largest absolute Gasteiger partial charge is 0.364 e. The zero-order chi connectivity index (χ0) is 19.9. The average molecular weight is 385 g/mol. The molecule has 4 nitrogen and oxygen atoms in total. The molecule has 1 aromatic carbocycles. The van der Waals surface area contributed by atoms with Crippen LogP contribution in [0.3, 0.4) is 0 Å². The third-order valence-electron chi connectivity index (χ3n) is 5.30. The van der Waals surface area contributed by atoms with Crippen LogP contribution in [0.2, 0.25) is 0 Å². The first kappa shape index (κ1) is 19.7. The van der Waals surface area contributed by atoms with Gasteiger partial charge in [-0.25, -0.2) is 0 Å². The Hall–Kier alpha value is -2.01. The van der Waals surface area contributed by atoms with Crippen LogP contribution in [0.1, 0.15) is 58.1 Å². The first-order valence-corrected chi connectivity index (χ1v) is 10.3. The van der Waals surface area contributed by atoms with Crippen LogP contribution in [0.4, 0.5) is 10.5 Å². The van der Waals surface area contributed by atoms with Crippen LogP contribution in [-0.2, 0) is 4.79 Å². The number of carbonyl (C=O) groups excluding carboxylic acids is 2. The highest BCUT2D eigenvalue weighted by Crippen LogP contribution is 2.45. The second-order valence-corrected chi connectivity index (χ2v) is 9.27. The number of nitrogens with zero attached hydrogens (tertiary/aromatic N) is 2. The van der Waals surface area contributed by atoms with Crippen LogP contribution in [-0.4, -0.2) is 34.2 Å². The maximum atomic E-state index is 12.4. The van der Waals surface area contributed by atoms with Gasteiger partial charge in [-0.1, -0.05) is 19.1 Å². The van der Waals surface area contributed by atoms with Gasteiger partial charge in [0.15, 0.2) is 0 Å². The van der Waals surface area contributed by atoms with Crippen molar-refractivity contribution in [2.75, 3.05) is 11.4 Å². The number of rotatable bonds is 4. The molecular formula is C22H28N2O2S. The van der Waals surface area contributed by atoms with E-state index in [-0.39, 0.29) is 23.2 Å². The summed E-state index contributed by atoms with van der Waals surface area (Å²) < 4.78 is 0. The lowest BCUT2D eigenvalue weighted by Gasteiger charge is -2.50. The van der Waals surface area contributed by atoms with Gasteiger partial charge in [-0.15, -0.1) is 6.58 Å². The van der Waals surface area contributed by atoms with Crippen molar-refractivity contribution in [1.82, 2.24) is 4.90 Å². The molecule has 2 aliphatic rings. The molecular weight excluding hydrogens is 356 g/mol. The average Bonchev–Trinajstić information content (AvgIpc) is 2.82. The molecule has 0 saturated carbocycles. The molecule has 27 heavy (non-hydrogen) atoms. The van der Waals surface area contributed by atoms with E-state index in [1.807, 2.05) is 12.1 Å². The predicted octanol–water partition coefficient (Wildman–Crippen LogP) is 5.41. The lowest BCUT2D eigenvalue weighted by atomic mass is 9.79. The fourth-order valence-corrected chi connectivity index (χ4v) is 5.32. The molecule has 2 aliphatic heterocycles. The molecule has 0 aromatic heterocycles. The number of amides is 2. The standard InChI is InChI=1S/C22H28N2O2S/c1-7-10-23-20(25)19(27-21(23)26)12-16-8-9-18-17(11-16)15(4)13-22(5,6)24(18)14(2)3/h7-9,11-12,14-15H,1,10,13H2,2-6H3/b19-12-/t15-/m1/s1. The Morgan fingerprint density at radius 1 is 1.33 bits per heavy atom. The van der Waals surface area contributed by atoms with Gasteiger partial charge in [-0.3, -0.25) is 14.5 Å².